The molecule has 1 aromatic rings. The summed E-state index contributed by atoms with van der Waals surface area (Å²) in [5, 5.41) is 11.2. The van der Waals surface area contributed by atoms with Gasteiger partial charge in [0.05, 0.1) is 11.7 Å². The minimum absolute atomic E-state index is 0.0606. The van der Waals surface area contributed by atoms with Gasteiger partial charge in [-0.15, -0.1) is 0 Å². The molecule has 1 aliphatic rings. The van der Waals surface area contributed by atoms with Gasteiger partial charge in [0.1, 0.15) is 11.7 Å². The van der Waals surface area contributed by atoms with E-state index in [0.717, 1.165) is 47.4 Å². The zero-order chi connectivity index (χ0) is 19.6. The maximum atomic E-state index is 7.77. The quantitative estimate of drug-likeness (QED) is 0.267. The third kappa shape index (κ3) is 6.47. The SMILES string of the molecule is C=C(Cl)NC(CCCC)=NCC1=CC=C(c2ccccc2C(=N)N)CC#C1. The van der Waals surface area contributed by atoms with Crippen LogP contribution in [0.2, 0.25) is 0 Å². The first-order valence-electron chi connectivity index (χ1n) is 8.98. The van der Waals surface area contributed by atoms with Gasteiger partial charge >= 0.3 is 0 Å². The van der Waals surface area contributed by atoms with Crippen molar-refractivity contribution in [2.75, 3.05) is 6.54 Å². The van der Waals surface area contributed by atoms with E-state index in [4.69, 9.17) is 22.7 Å². The third-order valence-electron chi connectivity index (χ3n) is 4.06. The van der Waals surface area contributed by atoms with Crippen LogP contribution < -0.4 is 11.1 Å². The molecule has 1 aromatic carbocycles. The van der Waals surface area contributed by atoms with Crippen molar-refractivity contribution in [1.29, 1.82) is 5.41 Å². The lowest BCUT2D eigenvalue weighted by molar-refractivity contribution is 0.818. The molecule has 0 aliphatic heterocycles. The van der Waals surface area contributed by atoms with Crippen LogP contribution in [0.4, 0.5) is 0 Å². The van der Waals surface area contributed by atoms with E-state index in [1.54, 1.807) is 0 Å². The number of rotatable bonds is 8. The molecule has 4 nitrogen and oxygen atoms in total. The van der Waals surface area contributed by atoms with E-state index in [-0.39, 0.29) is 5.84 Å². The van der Waals surface area contributed by atoms with Crippen LogP contribution in [-0.2, 0) is 0 Å². The number of halogens is 1. The smallest absolute Gasteiger partial charge is 0.123 e. The molecule has 4 N–H and O–H groups in total. The van der Waals surface area contributed by atoms with Crippen LogP contribution in [0, 0.1) is 17.3 Å². The minimum atomic E-state index is 0.0606. The van der Waals surface area contributed by atoms with E-state index in [0.29, 0.717) is 18.1 Å². The Labute approximate surface area is 166 Å². The van der Waals surface area contributed by atoms with Crippen molar-refractivity contribution in [3.63, 3.8) is 0 Å². The highest BCUT2D eigenvalue weighted by Gasteiger charge is 2.09. The molecule has 0 atom stereocenters. The fourth-order valence-corrected chi connectivity index (χ4v) is 2.80. The van der Waals surface area contributed by atoms with E-state index >= 15 is 0 Å². The van der Waals surface area contributed by atoms with Crippen molar-refractivity contribution in [3.8, 4) is 11.8 Å². The normalized spacial score (nSPS) is 13.6. The van der Waals surface area contributed by atoms with Crippen LogP contribution >= 0.6 is 11.6 Å². The van der Waals surface area contributed by atoms with E-state index in [1.807, 2.05) is 36.4 Å². The van der Waals surface area contributed by atoms with Gasteiger partial charge in [0.15, 0.2) is 0 Å². The second-order valence-electron chi connectivity index (χ2n) is 6.22. The van der Waals surface area contributed by atoms with E-state index in [1.165, 1.54) is 0 Å². The van der Waals surface area contributed by atoms with Crippen LogP contribution in [0.5, 0.6) is 0 Å². The zero-order valence-corrected chi connectivity index (χ0v) is 16.4. The lowest BCUT2D eigenvalue weighted by atomic mass is 9.97. The highest BCUT2D eigenvalue weighted by Crippen LogP contribution is 2.23. The Morgan fingerprint density at radius 3 is 2.85 bits per heavy atom. The molecule has 0 aromatic heterocycles. The van der Waals surface area contributed by atoms with Crippen molar-refractivity contribution < 1.29 is 0 Å². The monoisotopic (exact) mass is 380 g/mol. The van der Waals surface area contributed by atoms with Crippen molar-refractivity contribution in [2.24, 2.45) is 10.7 Å². The number of hydrogen-bond donors (Lipinski definition) is 3. The molecule has 140 valence electrons. The van der Waals surface area contributed by atoms with Gasteiger partial charge in [0, 0.05) is 24.0 Å². The predicted octanol–water partition coefficient (Wildman–Crippen LogP) is 4.58. The highest BCUT2D eigenvalue weighted by atomic mass is 35.5. The Morgan fingerprint density at radius 2 is 2.15 bits per heavy atom. The van der Waals surface area contributed by atoms with E-state index < -0.39 is 0 Å². The van der Waals surface area contributed by atoms with E-state index in [9.17, 15) is 0 Å². The lowest BCUT2D eigenvalue weighted by Gasteiger charge is -2.09. The second-order valence-corrected chi connectivity index (χ2v) is 6.67. The van der Waals surface area contributed by atoms with Crippen molar-refractivity contribution in [1.82, 2.24) is 5.32 Å². The summed E-state index contributed by atoms with van der Waals surface area (Å²) in [4.78, 5) is 4.62. The Morgan fingerprint density at radius 1 is 1.37 bits per heavy atom. The first-order chi connectivity index (χ1) is 13.0. The van der Waals surface area contributed by atoms with Crippen molar-refractivity contribution in [2.45, 2.75) is 32.6 Å². The number of aliphatic imine (C=N–C) groups is 1. The maximum absolute atomic E-state index is 7.77. The molecule has 0 amide bonds. The summed E-state index contributed by atoms with van der Waals surface area (Å²) in [7, 11) is 0. The number of nitrogens with zero attached hydrogens (tertiary/aromatic N) is 1. The van der Waals surface area contributed by atoms with Gasteiger partial charge in [-0.2, -0.15) is 0 Å². The van der Waals surface area contributed by atoms with Crippen LogP contribution in [0.15, 0.2) is 58.7 Å². The summed E-state index contributed by atoms with van der Waals surface area (Å²) in [5.41, 5.74) is 9.37. The summed E-state index contributed by atoms with van der Waals surface area (Å²) in [6, 6.07) is 7.66. The molecule has 27 heavy (non-hydrogen) atoms. The Kier molecular flexibility index (Phi) is 7.91. The number of hydrogen-bond acceptors (Lipinski definition) is 2. The molecule has 0 saturated carbocycles. The van der Waals surface area contributed by atoms with Crippen LogP contribution in [-0.4, -0.2) is 18.2 Å². The number of benzene rings is 1. The number of amidine groups is 2. The molecule has 0 bridgehead atoms. The van der Waals surface area contributed by atoms with Crippen LogP contribution in [0.3, 0.4) is 0 Å². The summed E-state index contributed by atoms with van der Waals surface area (Å²) >= 11 is 5.86. The molecule has 5 heteroatoms. The molecule has 0 heterocycles. The molecule has 1 aliphatic carbocycles. The van der Waals surface area contributed by atoms with Gasteiger partial charge in [-0.25, -0.2) is 0 Å². The van der Waals surface area contributed by atoms with Gasteiger partial charge in [0.2, 0.25) is 0 Å². The molecular formula is C22H25ClN4. The van der Waals surface area contributed by atoms with Gasteiger partial charge in [-0.1, -0.05) is 73.7 Å². The number of unbranched alkanes of at least 4 members (excludes halogenated alkanes) is 1. The minimum Gasteiger partial charge on any atom is -0.384 e. The van der Waals surface area contributed by atoms with E-state index in [2.05, 4.69) is 35.7 Å². The number of nitrogens with one attached hydrogen (secondary N) is 2. The molecule has 0 spiro atoms. The van der Waals surface area contributed by atoms with Crippen LogP contribution in [0.25, 0.3) is 5.57 Å². The third-order valence-corrected chi connectivity index (χ3v) is 4.16. The van der Waals surface area contributed by atoms with Gasteiger partial charge in [-0.3, -0.25) is 10.4 Å². The summed E-state index contributed by atoms with van der Waals surface area (Å²) in [5.74, 6) is 7.26. The van der Waals surface area contributed by atoms with Gasteiger partial charge in [-0.05, 0) is 23.6 Å². The fraction of sp³-hybridized carbons (Fsp3) is 0.273. The lowest BCUT2D eigenvalue weighted by Crippen LogP contribution is -2.20. The summed E-state index contributed by atoms with van der Waals surface area (Å²) in [6.45, 7) is 6.30. The van der Waals surface area contributed by atoms with Gasteiger partial charge in [0.25, 0.3) is 0 Å². The highest BCUT2D eigenvalue weighted by molar-refractivity contribution is 6.30. The Balaban J connectivity index is 2.20. The molecule has 0 unspecified atom stereocenters. The van der Waals surface area contributed by atoms with Crippen molar-refractivity contribution >= 4 is 28.8 Å². The number of nitrogen functional groups attached to an aromatic ring is 1. The molecule has 0 fully saturated rings. The van der Waals surface area contributed by atoms with Gasteiger partial charge < -0.3 is 11.1 Å². The average Bonchev–Trinajstić information content (AvgIpc) is 2.89. The first-order valence-corrected chi connectivity index (χ1v) is 9.36. The summed E-state index contributed by atoms with van der Waals surface area (Å²) < 4.78 is 0. The second kappa shape index (κ2) is 10.4. The molecular weight excluding hydrogens is 356 g/mol. The number of nitrogens with two attached hydrogens (primary N) is 1. The zero-order valence-electron chi connectivity index (χ0n) is 15.6. The summed E-state index contributed by atoms with van der Waals surface area (Å²) in [6.07, 6.45) is 7.57. The largest absolute Gasteiger partial charge is 0.384 e. The molecule has 2 rings (SSSR count). The Bertz CT molecular complexity index is 866. The Hall–Kier alpha value is -2.77. The predicted molar refractivity (Wildman–Crippen MR) is 116 cm³/mol. The standard InChI is InChI=1S/C22H25ClN4/c1-3-4-12-21(27-16(2)23)26-15-17-8-7-9-18(14-13-17)19-10-5-6-11-20(19)22(24)25/h5-6,10-11,13-14H,2-4,9,12,15H2,1H3,(H3,24,25)(H,26,27). The van der Waals surface area contributed by atoms with Crippen molar-refractivity contribution in [3.05, 3.63) is 64.9 Å². The average molecular weight is 381 g/mol. The molecule has 0 saturated heterocycles. The topological polar surface area (TPSA) is 74.3 Å². The maximum Gasteiger partial charge on any atom is 0.123 e. The fourth-order valence-electron chi connectivity index (χ4n) is 2.69. The van der Waals surface area contributed by atoms with Crippen LogP contribution in [0.1, 0.15) is 43.7 Å². The first kappa shape index (κ1) is 20.5. The number of allylic oxidation sites excluding steroid dienone is 3. The molecule has 0 radical (unpaired) electrons.